The number of nitrogens with zero attached hydrogens (tertiary/aromatic N) is 10. The van der Waals surface area contributed by atoms with Crippen molar-refractivity contribution >= 4 is 79.4 Å². The summed E-state index contributed by atoms with van der Waals surface area (Å²) in [7, 11) is -4.08. The molecule has 8 rings (SSSR count). The van der Waals surface area contributed by atoms with Crippen molar-refractivity contribution in [2.24, 2.45) is 10.9 Å². The van der Waals surface area contributed by atoms with Gasteiger partial charge in [-0.3, -0.25) is 53.7 Å². The monoisotopic (exact) mass is 992 g/mol. The standard InChI is InChI=1S/C46H52N14O10S/c1-5-59-35(20-27(3)53-59)43(65)51-45-49-32-24-31(71(48,67)68)10-11-34(32)56(45)15-7-8-16-58-41-33(50-46(58)52-44(66)36-21-28(4)54-60(36)6-2)22-29(42(47)64)23-37(41)70-19-9-18-69-30-25-55(26-30)38(61)14-17-57-39(62)12-13-40(57)63/h7-8,10-13,20-24,30H,5-6,9,14-19,25-26H2,1-4H3,(H2,47,64)(H2,48,67,68)(H,49,51,65)(H,50,52,66)/b8-7+. The van der Waals surface area contributed by atoms with Crippen LogP contribution in [-0.2, 0) is 55.3 Å². The van der Waals surface area contributed by atoms with E-state index in [2.05, 4.69) is 25.8 Å². The highest BCUT2D eigenvalue weighted by molar-refractivity contribution is 7.89. The van der Waals surface area contributed by atoms with Gasteiger partial charge >= 0.3 is 0 Å². The van der Waals surface area contributed by atoms with Crippen LogP contribution in [0.3, 0.4) is 0 Å². The smallest absolute Gasteiger partial charge is 0.276 e. The molecule has 0 unspecified atom stereocenters. The number of carbonyl (C=O) groups excluding carboxylic acids is 6. The van der Waals surface area contributed by atoms with Crippen LogP contribution in [0.1, 0.15) is 69.4 Å². The molecule has 6 heterocycles. The van der Waals surface area contributed by atoms with E-state index in [-0.39, 0.29) is 84.9 Å². The molecule has 0 atom stereocenters. The number of ether oxygens (including phenoxy) is 2. The number of benzene rings is 2. The molecule has 0 radical (unpaired) electrons. The predicted molar refractivity (Wildman–Crippen MR) is 257 cm³/mol. The lowest BCUT2D eigenvalue weighted by Crippen LogP contribution is -2.55. The normalized spacial score (nSPS) is 14.1. The minimum Gasteiger partial charge on any atom is -0.491 e. The van der Waals surface area contributed by atoms with E-state index in [1.165, 1.54) is 36.4 Å². The summed E-state index contributed by atoms with van der Waals surface area (Å²) >= 11 is 0. The van der Waals surface area contributed by atoms with Gasteiger partial charge in [0, 0.05) is 76.4 Å². The van der Waals surface area contributed by atoms with Gasteiger partial charge in [0.2, 0.25) is 33.7 Å². The summed E-state index contributed by atoms with van der Waals surface area (Å²) < 4.78 is 43.3. The molecule has 6 aromatic rings. The fraction of sp³-hybridized carbons (Fsp3) is 0.348. The molecule has 0 spiro atoms. The molecule has 372 valence electrons. The van der Waals surface area contributed by atoms with Crippen LogP contribution in [0.2, 0.25) is 0 Å². The molecule has 2 aromatic carbocycles. The molecule has 4 aromatic heterocycles. The number of anilines is 2. The Bertz CT molecular complexity index is 3270. The van der Waals surface area contributed by atoms with Gasteiger partial charge < -0.3 is 29.2 Å². The zero-order chi connectivity index (χ0) is 50.7. The Kier molecular flexibility index (Phi) is 14.3. The maximum Gasteiger partial charge on any atom is 0.276 e. The Balaban J connectivity index is 1.02. The molecule has 0 aliphatic carbocycles. The Morgan fingerprint density at radius 1 is 0.803 bits per heavy atom. The van der Waals surface area contributed by atoms with Crippen molar-refractivity contribution in [1.29, 1.82) is 0 Å². The van der Waals surface area contributed by atoms with Gasteiger partial charge in [-0.15, -0.1) is 0 Å². The van der Waals surface area contributed by atoms with Crippen LogP contribution in [0.5, 0.6) is 5.75 Å². The minimum atomic E-state index is -4.08. The van der Waals surface area contributed by atoms with E-state index in [0.717, 1.165) is 4.90 Å². The van der Waals surface area contributed by atoms with E-state index in [1.54, 1.807) is 67.6 Å². The largest absolute Gasteiger partial charge is 0.491 e. The number of fused-ring (bicyclic) bond motifs is 2. The first-order valence-corrected chi connectivity index (χ1v) is 24.3. The lowest BCUT2D eigenvalue weighted by Gasteiger charge is -2.39. The summed E-state index contributed by atoms with van der Waals surface area (Å²) in [6, 6.07) is 10.5. The van der Waals surface area contributed by atoms with Crippen LogP contribution < -0.4 is 26.2 Å². The molecule has 1 saturated heterocycles. The molecule has 24 nitrogen and oxygen atoms in total. The van der Waals surface area contributed by atoms with Crippen molar-refractivity contribution in [3.63, 3.8) is 0 Å². The van der Waals surface area contributed by atoms with E-state index in [1.807, 2.05) is 13.8 Å². The highest BCUT2D eigenvalue weighted by Gasteiger charge is 2.32. The predicted octanol–water partition coefficient (Wildman–Crippen LogP) is 2.25. The summed E-state index contributed by atoms with van der Waals surface area (Å²) in [5.74, 6) is -2.29. The van der Waals surface area contributed by atoms with Crippen molar-refractivity contribution in [1.82, 2.24) is 48.5 Å². The number of nitrogens with one attached hydrogen (secondary N) is 2. The zero-order valence-electron chi connectivity index (χ0n) is 39.3. The van der Waals surface area contributed by atoms with E-state index in [0.29, 0.717) is 71.9 Å². The lowest BCUT2D eigenvalue weighted by atomic mass is 10.1. The summed E-state index contributed by atoms with van der Waals surface area (Å²) in [5.41, 5.74) is 9.23. The average molecular weight is 993 g/mol. The molecular formula is C46H52N14O10S. The average Bonchev–Trinajstić information content (AvgIpc) is 4.13. The molecule has 0 bridgehead atoms. The number of likely N-dealkylation sites (tertiary alicyclic amines) is 1. The first-order valence-electron chi connectivity index (χ1n) is 22.7. The molecule has 6 N–H and O–H groups in total. The van der Waals surface area contributed by atoms with Crippen molar-refractivity contribution in [3.8, 4) is 5.75 Å². The van der Waals surface area contributed by atoms with Gasteiger partial charge in [0.05, 0.1) is 52.2 Å². The number of aromatic nitrogens is 8. The highest BCUT2D eigenvalue weighted by Crippen LogP contribution is 2.32. The van der Waals surface area contributed by atoms with Crippen molar-refractivity contribution in [2.75, 3.05) is 43.5 Å². The number of sulfonamides is 1. The van der Waals surface area contributed by atoms with Gasteiger partial charge in [-0.25, -0.2) is 23.5 Å². The first-order chi connectivity index (χ1) is 33.9. The fourth-order valence-corrected chi connectivity index (χ4v) is 8.74. The molecule has 6 amide bonds. The van der Waals surface area contributed by atoms with Crippen LogP contribution >= 0.6 is 0 Å². The third kappa shape index (κ3) is 10.8. The number of hydrogen-bond donors (Lipinski definition) is 4. The van der Waals surface area contributed by atoms with Crippen molar-refractivity contribution < 1.29 is 46.7 Å². The van der Waals surface area contributed by atoms with E-state index < -0.39 is 39.6 Å². The Labute approximate surface area is 406 Å². The SMILES string of the molecule is CCn1nc(C)cc1C(=O)Nc1nc2cc(S(N)(=O)=O)ccc2n1C/C=C/Cn1c(NC(=O)c2cc(C)nn2CC)nc2cc(C(N)=O)cc(OCCCOC3CN(C(=O)CCN4C(=O)C=CC4=O)C3)c21. The lowest BCUT2D eigenvalue weighted by molar-refractivity contribution is -0.146. The number of imide groups is 1. The maximum absolute atomic E-state index is 13.8. The number of hydrogen-bond acceptors (Lipinski definition) is 14. The quantitative estimate of drug-likeness (QED) is 0.0457. The number of amides is 6. The van der Waals surface area contributed by atoms with Crippen LogP contribution in [0.25, 0.3) is 22.1 Å². The van der Waals surface area contributed by atoms with E-state index in [4.69, 9.17) is 25.3 Å². The van der Waals surface area contributed by atoms with Gasteiger partial charge in [0.15, 0.2) is 0 Å². The number of primary amides is 1. The van der Waals surface area contributed by atoms with Crippen LogP contribution in [-0.4, -0.2) is 131 Å². The summed E-state index contributed by atoms with van der Waals surface area (Å²) in [4.78, 5) is 88.1. The maximum atomic E-state index is 13.8. The number of imidazole rings is 2. The van der Waals surface area contributed by atoms with E-state index >= 15 is 0 Å². The van der Waals surface area contributed by atoms with Crippen LogP contribution in [0.15, 0.2) is 71.7 Å². The third-order valence-corrected chi connectivity index (χ3v) is 12.7. The number of allylic oxidation sites excluding steroid dienone is 2. The van der Waals surface area contributed by atoms with Gasteiger partial charge in [-0.1, -0.05) is 12.2 Å². The second-order valence-corrected chi connectivity index (χ2v) is 18.3. The number of nitrogens with two attached hydrogens (primary N) is 2. The molecule has 25 heteroatoms. The second-order valence-electron chi connectivity index (χ2n) is 16.8. The number of aryl methyl sites for hydroxylation is 4. The Morgan fingerprint density at radius 2 is 1.39 bits per heavy atom. The van der Waals surface area contributed by atoms with Crippen molar-refractivity contribution in [3.05, 3.63) is 95.1 Å². The summed E-state index contributed by atoms with van der Waals surface area (Å²) in [5, 5.41) is 20.0. The number of primary sulfonamides is 1. The van der Waals surface area contributed by atoms with E-state index in [9.17, 15) is 37.2 Å². The molecule has 1 fully saturated rings. The second kappa shape index (κ2) is 20.5. The fourth-order valence-electron chi connectivity index (χ4n) is 8.21. The van der Waals surface area contributed by atoms with Crippen molar-refractivity contribution in [2.45, 2.75) is 77.7 Å². The van der Waals surface area contributed by atoms with Crippen LogP contribution in [0.4, 0.5) is 11.9 Å². The first kappa shape index (κ1) is 49.4. The van der Waals surface area contributed by atoms with Crippen LogP contribution in [0, 0.1) is 13.8 Å². The van der Waals surface area contributed by atoms with Gasteiger partial charge in [-0.05, 0) is 70.2 Å². The molecule has 71 heavy (non-hydrogen) atoms. The number of rotatable bonds is 21. The Hall–Kier alpha value is -8.03. The molecule has 2 aliphatic heterocycles. The summed E-state index contributed by atoms with van der Waals surface area (Å²) in [6.07, 6.45) is 6.14. The topological polar surface area (TPSA) is 309 Å². The minimum absolute atomic E-state index is 0.00659. The van der Waals surface area contributed by atoms with Gasteiger partial charge in [0.25, 0.3) is 23.6 Å². The molecule has 0 saturated carbocycles. The van der Waals surface area contributed by atoms with Gasteiger partial charge in [0.1, 0.15) is 22.7 Å². The highest BCUT2D eigenvalue weighted by atomic mass is 32.2. The van der Waals surface area contributed by atoms with Gasteiger partial charge in [-0.2, -0.15) is 10.2 Å². The summed E-state index contributed by atoms with van der Waals surface area (Å²) in [6.45, 7) is 9.46. The Morgan fingerprint density at radius 3 is 1.99 bits per heavy atom. The molecular weight excluding hydrogens is 941 g/mol. The third-order valence-electron chi connectivity index (χ3n) is 11.8. The molecule has 2 aliphatic rings. The number of carbonyl (C=O) groups is 6. The zero-order valence-corrected chi connectivity index (χ0v) is 40.1.